The van der Waals surface area contributed by atoms with Crippen molar-refractivity contribution in [1.82, 2.24) is 20.4 Å². The Morgan fingerprint density at radius 3 is 2.53 bits per heavy atom. The van der Waals surface area contributed by atoms with Crippen LogP contribution in [0.5, 0.6) is 0 Å². The third-order valence-corrected chi connectivity index (χ3v) is 8.29. The monoisotopic (exact) mass is 462 g/mol. The van der Waals surface area contributed by atoms with E-state index in [2.05, 4.69) is 32.4 Å². The van der Waals surface area contributed by atoms with Crippen LogP contribution in [0.4, 0.5) is 10.3 Å². The summed E-state index contributed by atoms with van der Waals surface area (Å²) in [5, 5.41) is 13.3. The molecule has 0 aromatic carbocycles. The standard InChI is InChI=1S/C23H38N6O2S/c1-27(19-8-3-2-4-9-19)14-7-13-24-21(31)18-11-16-28(17-12-18)22-25-26-23(32-22)29-15-6-5-10-20(29)30/h18-19H,2-17H2,1H3,(H,24,31). The third-order valence-electron chi connectivity index (χ3n) is 7.28. The summed E-state index contributed by atoms with van der Waals surface area (Å²) >= 11 is 1.49. The van der Waals surface area contributed by atoms with Crippen LogP contribution in [-0.4, -0.2) is 72.7 Å². The molecule has 1 aromatic heterocycles. The SMILES string of the molecule is CN(CCCNC(=O)C1CCN(c2nnc(N3CCCCC3=O)s2)CC1)C1CCCCC1. The van der Waals surface area contributed by atoms with Crippen molar-refractivity contribution >= 4 is 33.4 Å². The number of hydrogen-bond donors (Lipinski definition) is 1. The number of carbonyl (C=O) groups excluding carboxylic acids is 2. The van der Waals surface area contributed by atoms with Gasteiger partial charge in [-0.25, -0.2) is 0 Å². The first-order chi connectivity index (χ1) is 15.6. The minimum atomic E-state index is 0.0818. The second-order valence-electron chi connectivity index (χ2n) is 9.55. The number of hydrogen-bond acceptors (Lipinski definition) is 7. The lowest BCUT2D eigenvalue weighted by atomic mass is 9.94. The molecule has 2 saturated heterocycles. The third kappa shape index (κ3) is 5.98. The molecule has 1 saturated carbocycles. The van der Waals surface area contributed by atoms with Crippen LogP contribution < -0.4 is 15.1 Å². The van der Waals surface area contributed by atoms with E-state index in [-0.39, 0.29) is 17.7 Å². The van der Waals surface area contributed by atoms with Gasteiger partial charge in [-0.3, -0.25) is 14.5 Å². The molecular formula is C23H38N6O2S. The number of nitrogens with one attached hydrogen (secondary N) is 1. The van der Waals surface area contributed by atoms with E-state index in [0.717, 1.165) is 76.0 Å². The maximum atomic E-state index is 12.6. The quantitative estimate of drug-likeness (QED) is 0.598. The minimum absolute atomic E-state index is 0.0818. The van der Waals surface area contributed by atoms with Crippen molar-refractivity contribution in [2.75, 3.05) is 49.6 Å². The van der Waals surface area contributed by atoms with E-state index in [9.17, 15) is 9.59 Å². The Kier molecular flexibility index (Phi) is 8.35. The average molecular weight is 463 g/mol. The van der Waals surface area contributed by atoms with Crippen LogP contribution in [0.1, 0.15) is 70.6 Å². The first-order valence-corrected chi connectivity index (χ1v) is 13.3. The van der Waals surface area contributed by atoms with Crippen LogP contribution in [0.25, 0.3) is 0 Å². The van der Waals surface area contributed by atoms with Gasteiger partial charge in [-0.15, -0.1) is 10.2 Å². The fraction of sp³-hybridized carbons (Fsp3) is 0.826. The molecule has 0 radical (unpaired) electrons. The van der Waals surface area contributed by atoms with Crippen LogP contribution in [-0.2, 0) is 9.59 Å². The zero-order valence-corrected chi connectivity index (χ0v) is 20.2. The van der Waals surface area contributed by atoms with Crippen molar-refractivity contribution in [3.8, 4) is 0 Å². The smallest absolute Gasteiger partial charge is 0.228 e. The fourth-order valence-corrected chi connectivity index (χ4v) is 6.12. The normalized spacial score (nSPS) is 21.4. The molecule has 1 N–H and O–H groups in total. The lowest BCUT2D eigenvalue weighted by molar-refractivity contribution is -0.125. The molecule has 32 heavy (non-hydrogen) atoms. The molecule has 8 nitrogen and oxygen atoms in total. The number of nitrogens with zero attached hydrogens (tertiary/aromatic N) is 5. The molecule has 1 aliphatic carbocycles. The van der Waals surface area contributed by atoms with Gasteiger partial charge in [-0.2, -0.15) is 0 Å². The summed E-state index contributed by atoms with van der Waals surface area (Å²) in [5.41, 5.74) is 0. The van der Waals surface area contributed by atoms with Crippen LogP contribution in [0, 0.1) is 5.92 Å². The van der Waals surface area contributed by atoms with E-state index < -0.39 is 0 Å². The molecule has 0 spiro atoms. The lowest BCUT2D eigenvalue weighted by Crippen LogP contribution is -2.41. The highest BCUT2D eigenvalue weighted by Crippen LogP contribution is 2.32. The summed E-state index contributed by atoms with van der Waals surface area (Å²) in [7, 11) is 2.23. The molecule has 2 amide bonds. The van der Waals surface area contributed by atoms with Crippen molar-refractivity contribution in [2.24, 2.45) is 5.92 Å². The van der Waals surface area contributed by atoms with Crippen molar-refractivity contribution in [1.29, 1.82) is 0 Å². The molecule has 4 rings (SSSR count). The second-order valence-corrected chi connectivity index (χ2v) is 10.5. The Morgan fingerprint density at radius 2 is 1.78 bits per heavy atom. The first-order valence-electron chi connectivity index (χ1n) is 12.5. The molecule has 2 aliphatic heterocycles. The molecule has 178 valence electrons. The number of carbonyl (C=O) groups is 2. The van der Waals surface area contributed by atoms with Crippen LogP contribution in [0.2, 0.25) is 0 Å². The highest BCUT2D eigenvalue weighted by atomic mass is 32.1. The summed E-state index contributed by atoms with van der Waals surface area (Å²) in [5.74, 6) is 0.430. The van der Waals surface area contributed by atoms with E-state index in [1.165, 1.54) is 43.4 Å². The molecule has 1 aromatic rings. The van der Waals surface area contributed by atoms with Crippen molar-refractivity contribution in [3.63, 3.8) is 0 Å². The van der Waals surface area contributed by atoms with Crippen molar-refractivity contribution in [2.45, 2.75) is 76.7 Å². The predicted octanol–water partition coefficient (Wildman–Crippen LogP) is 3.04. The lowest BCUT2D eigenvalue weighted by Gasteiger charge is -2.32. The Labute approximate surface area is 195 Å². The summed E-state index contributed by atoms with van der Waals surface area (Å²) in [6.45, 7) is 4.18. The molecule has 0 atom stereocenters. The van der Waals surface area contributed by atoms with Crippen molar-refractivity contribution in [3.05, 3.63) is 0 Å². The van der Waals surface area contributed by atoms with Gasteiger partial charge in [-0.1, -0.05) is 30.6 Å². The summed E-state index contributed by atoms with van der Waals surface area (Å²) < 4.78 is 0. The molecule has 0 bridgehead atoms. The van der Waals surface area contributed by atoms with Gasteiger partial charge < -0.3 is 15.1 Å². The minimum Gasteiger partial charge on any atom is -0.356 e. The van der Waals surface area contributed by atoms with Crippen LogP contribution in [0.15, 0.2) is 0 Å². The van der Waals surface area contributed by atoms with E-state index in [0.29, 0.717) is 11.6 Å². The summed E-state index contributed by atoms with van der Waals surface area (Å²) in [6.07, 6.45) is 12.0. The zero-order valence-electron chi connectivity index (χ0n) is 19.4. The van der Waals surface area contributed by atoms with Crippen LogP contribution in [0.3, 0.4) is 0 Å². The van der Waals surface area contributed by atoms with E-state index in [1.807, 2.05) is 0 Å². The topological polar surface area (TPSA) is 81.7 Å². The zero-order chi connectivity index (χ0) is 22.3. The number of aromatic nitrogens is 2. The number of rotatable bonds is 8. The molecule has 3 fully saturated rings. The number of amides is 2. The average Bonchev–Trinajstić information content (AvgIpc) is 3.32. The van der Waals surface area contributed by atoms with Crippen LogP contribution >= 0.6 is 11.3 Å². The van der Waals surface area contributed by atoms with Gasteiger partial charge in [0.15, 0.2) is 0 Å². The van der Waals surface area contributed by atoms with E-state index >= 15 is 0 Å². The summed E-state index contributed by atoms with van der Waals surface area (Å²) in [4.78, 5) is 31.2. The number of anilines is 2. The highest BCUT2D eigenvalue weighted by molar-refractivity contribution is 7.19. The number of piperidine rings is 2. The Hall–Kier alpha value is -1.74. The van der Waals surface area contributed by atoms with Gasteiger partial charge in [0.25, 0.3) is 0 Å². The van der Waals surface area contributed by atoms with Gasteiger partial charge in [0.1, 0.15) is 0 Å². The van der Waals surface area contributed by atoms with Gasteiger partial charge in [-0.05, 0) is 58.5 Å². The molecular weight excluding hydrogens is 424 g/mol. The molecule has 3 aliphatic rings. The van der Waals surface area contributed by atoms with Gasteiger partial charge in [0.2, 0.25) is 22.1 Å². The maximum absolute atomic E-state index is 12.6. The highest BCUT2D eigenvalue weighted by Gasteiger charge is 2.28. The Bertz CT molecular complexity index is 757. The second kappa shape index (κ2) is 11.4. The molecule has 0 unspecified atom stereocenters. The largest absolute Gasteiger partial charge is 0.356 e. The Balaban J connectivity index is 1.15. The maximum Gasteiger partial charge on any atom is 0.228 e. The first kappa shape index (κ1) is 23.4. The summed E-state index contributed by atoms with van der Waals surface area (Å²) in [6, 6.07) is 0.734. The molecule has 9 heteroatoms. The molecule has 3 heterocycles. The Morgan fingerprint density at radius 1 is 1.03 bits per heavy atom. The van der Waals surface area contributed by atoms with E-state index in [4.69, 9.17) is 0 Å². The van der Waals surface area contributed by atoms with Crippen molar-refractivity contribution < 1.29 is 9.59 Å². The predicted molar refractivity (Wildman–Crippen MR) is 128 cm³/mol. The van der Waals surface area contributed by atoms with Gasteiger partial charge >= 0.3 is 0 Å². The van der Waals surface area contributed by atoms with E-state index in [1.54, 1.807) is 4.90 Å². The fourth-order valence-electron chi connectivity index (χ4n) is 5.17. The van der Waals surface area contributed by atoms with Gasteiger partial charge in [0.05, 0.1) is 0 Å². The van der Waals surface area contributed by atoms with Gasteiger partial charge in [0, 0.05) is 44.6 Å².